The minimum Gasteiger partial charge on any atom is -0.393 e. The van der Waals surface area contributed by atoms with Gasteiger partial charge in [-0.25, -0.2) is 0 Å². The van der Waals surface area contributed by atoms with Crippen molar-refractivity contribution in [3.05, 3.63) is 11.6 Å². The number of rotatable bonds is 0. The predicted octanol–water partition coefficient (Wildman–Crippen LogP) is 2.85. The van der Waals surface area contributed by atoms with Crippen LogP contribution in [0.25, 0.3) is 0 Å². The van der Waals surface area contributed by atoms with Crippen LogP contribution in [0.3, 0.4) is 0 Å². The summed E-state index contributed by atoms with van der Waals surface area (Å²) in [5.74, 6) is 1.42. The van der Waals surface area contributed by atoms with Crippen LogP contribution in [0.4, 0.5) is 0 Å². The Hall–Kier alpha value is -0.670. The molecule has 0 bridgehead atoms. The number of fused-ring (bicyclic) bond motifs is 5. The molecule has 0 saturated heterocycles. The van der Waals surface area contributed by atoms with E-state index in [0.717, 1.165) is 31.3 Å². The molecule has 122 valence electrons. The fourth-order valence-corrected chi connectivity index (χ4v) is 6.63. The van der Waals surface area contributed by atoms with Crippen molar-refractivity contribution in [1.82, 2.24) is 0 Å². The third-order valence-corrected chi connectivity index (χ3v) is 7.77. The third kappa shape index (κ3) is 1.85. The van der Waals surface area contributed by atoms with Crippen LogP contribution in [-0.2, 0) is 4.79 Å². The van der Waals surface area contributed by atoms with Crippen LogP contribution in [0.15, 0.2) is 11.6 Å². The minimum atomic E-state index is -0.495. The van der Waals surface area contributed by atoms with Crippen molar-refractivity contribution in [2.45, 2.75) is 71.0 Å². The van der Waals surface area contributed by atoms with E-state index in [-0.39, 0.29) is 22.7 Å². The van der Waals surface area contributed by atoms with E-state index in [1.807, 2.05) is 0 Å². The molecule has 0 aliphatic heterocycles. The van der Waals surface area contributed by atoms with E-state index >= 15 is 0 Å². The van der Waals surface area contributed by atoms with E-state index in [1.54, 1.807) is 6.08 Å². The molecule has 0 aromatic heterocycles. The maximum Gasteiger partial charge on any atom is 0.155 e. The zero-order chi connectivity index (χ0) is 15.7. The zero-order valence-corrected chi connectivity index (χ0v) is 13.7. The molecule has 0 amide bonds. The highest BCUT2D eigenvalue weighted by Gasteiger charge is 2.60. The van der Waals surface area contributed by atoms with Gasteiger partial charge in [-0.05, 0) is 78.8 Å². The Labute approximate surface area is 132 Å². The first kappa shape index (κ1) is 14.9. The third-order valence-electron chi connectivity index (χ3n) is 7.77. The van der Waals surface area contributed by atoms with Crippen molar-refractivity contribution in [2.24, 2.45) is 28.6 Å². The number of hydrogen-bond acceptors (Lipinski definition) is 3. The van der Waals surface area contributed by atoms with Crippen LogP contribution < -0.4 is 0 Å². The molecule has 4 aliphatic rings. The molecule has 7 atom stereocenters. The summed E-state index contributed by atoms with van der Waals surface area (Å²) in [4.78, 5) is 11.8. The topological polar surface area (TPSA) is 57.5 Å². The van der Waals surface area contributed by atoms with Gasteiger partial charge in [-0.3, -0.25) is 4.79 Å². The van der Waals surface area contributed by atoms with Crippen molar-refractivity contribution in [1.29, 1.82) is 0 Å². The van der Waals surface area contributed by atoms with Gasteiger partial charge in [0.25, 0.3) is 0 Å². The van der Waals surface area contributed by atoms with Gasteiger partial charge >= 0.3 is 0 Å². The van der Waals surface area contributed by atoms with Gasteiger partial charge in [0.05, 0.1) is 12.2 Å². The number of ketones is 1. The Balaban J connectivity index is 1.75. The van der Waals surface area contributed by atoms with Crippen molar-refractivity contribution < 1.29 is 15.0 Å². The average Bonchev–Trinajstić information content (AvgIpc) is 2.77. The normalized spacial score (nSPS) is 54.3. The Bertz CT molecular complexity index is 539. The highest BCUT2D eigenvalue weighted by molar-refractivity contribution is 5.91. The molecule has 3 fully saturated rings. The van der Waals surface area contributed by atoms with Gasteiger partial charge in [-0.2, -0.15) is 0 Å². The van der Waals surface area contributed by atoms with Gasteiger partial charge in [0.2, 0.25) is 0 Å². The van der Waals surface area contributed by atoms with Crippen molar-refractivity contribution >= 4 is 5.78 Å². The van der Waals surface area contributed by atoms with Gasteiger partial charge in [0.1, 0.15) is 0 Å². The summed E-state index contributed by atoms with van der Waals surface area (Å²) in [7, 11) is 0. The highest BCUT2D eigenvalue weighted by atomic mass is 16.3. The van der Waals surface area contributed by atoms with Crippen LogP contribution in [0, 0.1) is 28.6 Å². The van der Waals surface area contributed by atoms with Crippen LogP contribution >= 0.6 is 0 Å². The Morgan fingerprint density at radius 1 is 1.14 bits per heavy atom. The summed E-state index contributed by atoms with van der Waals surface area (Å²) in [5, 5.41) is 21.3. The second-order valence-electron chi connectivity index (χ2n) is 8.83. The lowest BCUT2D eigenvalue weighted by Gasteiger charge is -2.58. The summed E-state index contributed by atoms with van der Waals surface area (Å²) in [6, 6.07) is 0. The smallest absolute Gasteiger partial charge is 0.155 e. The maximum absolute atomic E-state index is 11.8. The van der Waals surface area contributed by atoms with E-state index in [1.165, 1.54) is 12.8 Å². The number of aliphatic hydroxyl groups excluding tert-OH is 2. The lowest BCUT2D eigenvalue weighted by atomic mass is 9.47. The van der Waals surface area contributed by atoms with Crippen molar-refractivity contribution in [3.63, 3.8) is 0 Å². The van der Waals surface area contributed by atoms with Gasteiger partial charge in [-0.1, -0.05) is 13.8 Å². The Morgan fingerprint density at radius 2 is 1.86 bits per heavy atom. The van der Waals surface area contributed by atoms with Gasteiger partial charge in [0.15, 0.2) is 5.78 Å². The number of aliphatic hydroxyl groups is 2. The first-order valence-electron chi connectivity index (χ1n) is 8.96. The zero-order valence-electron chi connectivity index (χ0n) is 13.7. The number of carbonyl (C=O) groups excluding carboxylic acids is 1. The Kier molecular flexibility index (Phi) is 3.16. The second-order valence-corrected chi connectivity index (χ2v) is 8.83. The van der Waals surface area contributed by atoms with Crippen molar-refractivity contribution in [3.8, 4) is 0 Å². The first-order chi connectivity index (χ1) is 10.3. The van der Waals surface area contributed by atoms with E-state index < -0.39 is 6.10 Å². The molecule has 4 rings (SSSR count). The monoisotopic (exact) mass is 304 g/mol. The minimum absolute atomic E-state index is 0.0418. The second kappa shape index (κ2) is 4.67. The molecule has 2 N–H and O–H groups in total. The van der Waals surface area contributed by atoms with Gasteiger partial charge in [-0.15, -0.1) is 0 Å². The largest absolute Gasteiger partial charge is 0.393 e. The molecule has 22 heavy (non-hydrogen) atoms. The molecule has 0 spiro atoms. The van der Waals surface area contributed by atoms with E-state index in [4.69, 9.17) is 0 Å². The lowest BCUT2D eigenvalue weighted by molar-refractivity contribution is -0.121. The van der Waals surface area contributed by atoms with Crippen LogP contribution in [0.5, 0.6) is 0 Å². The van der Waals surface area contributed by atoms with E-state index in [9.17, 15) is 15.0 Å². The SMILES string of the molecule is C[C@@]12CC[C@@H](O)[C@H]1[C@@H]1C[C@H](O)C3=CC(=O)CC[C@]3(C)[C@H]1CC2. The molecule has 3 nitrogen and oxygen atoms in total. The fraction of sp³-hybridized carbons (Fsp3) is 0.842. The molecule has 4 aliphatic carbocycles. The molecule has 3 saturated carbocycles. The first-order valence-corrected chi connectivity index (χ1v) is 8.96. The van der Waals surface area contributed by atoms with Gasteiger partial charge in [0, 0.05) is 6.42 Å². The molecule has 0 unspecified atom stereocenters. The molecule has 3 heteroatoms. The number of carbonyl (C=O) groups is 1. The fourth-order valence-electron chi connectivity index (χ4n) is 6.63. The molecule has 0 heterocycles. The molecule has 0 radical (unpaired) electrons. The summed E-state index contributed by atoms with van der Waals surface area (Å²) in [5.41, 5.74) is 1.20. The van der Waals surface area contributed by atoms with E-state index in [0.29, 0.717) is 24.2 Å². The van der Waals surface area contributed by atoms with Gasteiger partial charge < -0.3 is 10.2 Å². The standard InChI is InChI=1S/C19H28O3/c1-18-6-4-13-12(17(18)15(21)5-7-18)10-16(22)14-9-11(20)3-8-19(13,14)2/h9,12-13,15-17,21-22H,3-8,10H2,1-2H3/t12-,13+,15-,16+,17-,18-,19-/m1/s1. The van der Waals surface area contributed by atoms with Crippen LogP contribution in [0.2, 0.25) is 0 Å². The highest BCUT2D eigenvalue weighted by Crippen LogP contribution is 2.65. The van der Waals surface area contributed by atoms with Crippen molar-refractivity contribution in [2.75, 3.05) is 0 Å². The van der Waals surface area contributed by atoms with E-state index in [2.05, 4.69) is 13.8 Å². The summed E-state index contributed by atoms with van der Waals surface area (Å²) < 4.78 is 0. The molecular formula is C19H28O3. The predicted molar refractivity (Wildman–Crippen MR) is 84.1 cm³/mol. The van der Waals surface area contributed by atoms with Crippen LogP contribution in [0.1, 0.15) is 58.8 Å². The maximum atomic E-state index is 11.8. The number of hydrogen-bond donors (Lipinski definition) is 2. The molecule has 0 aromatic carbocycles. The Morgan fingerprint density at radius 3 is 2.64 bits per heavy atom. The quantitative estimate of drug-likeness (QED) is 0.723. The molecular weight excluding hydrogens is 276 g/mol. The summed E-state index contributed by atoms with van der Waals surface area (Å²) in [6.07, 6.45) is 7.65. The van der Waals surface area contributed by atoms with Crippen LogP contribution in [-0.4, -0.2) is 28.2 Å². The summed E-state index contributed by atoms with van der Waals surface area (Å²) in [6.45, 7) is 4.60. The summed E-state index contributed by atoms with van der Waals surface area (Å²) >= 11 is 0. The lowest BCUT2D eigenvalue weighted by Crippen LogP contribution is -2.54. The molecule has 0 aromatic rings. The average molecular weight is 304 g/mol.